The maximum absolute atomic E-state index is 13.0. The van der Waals surface area contributed by atoms with Gasteiger partial charge in [-0.15, -0.1) is 0 Å². The van der Waals surface area contributed by atoms with E-state index in [1.54, 1.807) is 0 Å². The van der Waals surface area contributed by atoms with E-state index in [1.165, 1.54) is 0 Å². The van der Waals surface area contributed by atoms with Crippen LogP contribution in [0, 0.1) is 5.82 Å². The fourth-order valence-electron chi connectivity index (χ4n) is 1.23. The summed E-state index contributed by atoms with van der Waals surface area (Å²) in [5, 5.41) is 0. The molecule has 86 valence electrons. The van der Waals surface area contributed by atoms with E-state index in [-0.39, 0.29) is 6.29 Å². The zero-order valence-corrected chi connectivity index (χ0v) is 7.64. The second-order valence-corrected chi connectivity index (χ2v) is 2.87. The third-order valence-electron chi connectivity index (χ3n) is 1.84. The molecule has 1 amide bonds. The van der Waals surface area contributed by atoms with Crippen molar-refractivity contribution in [2.24, 2.45) is 5.73 Å². The quantitative estimate of drug-likeness (QED) is 0.627. The summed E-state index contributed by atoms with van der Waals surface area (Å²) in [6.45, 7) is 0. The highest BCUT2D eigenvalue weighted by molar-refractivity contribution is 6.02. The van der Waals surface area contributed by atoms with E-state index in [0.29, 0.717) is 6.07 Å². The third kappa shape index (κ3) is 2.02. The normalized spacial score (nSPS) is 11.2. The Balaban J connectivity index is 3.68. The maximum Gasteiger partial charge on any atom is 0.420 e. The van der Waals surface area contributed by atoms with Crippen LogP contribution in [0.4, 0.5) is 17.6 Å². The van der Waals surface area contributed by atoms with Crippen LogP contribution in [-0.4, -0.2) is 12.2 Å². The van der Waals surface area contributed by atoms with Gasteiger partial charge in [0.1, 0.15) is 11.4 Å². The molecule has 1 aromatic carbocycles. The molecule has 7 heteroatoms. The fraction of sp³-hybridized carbons (Fsp3) is 0.111. The van der Waals surface area contributed by atoms with Crippen molar-refractivity contribution in [3.05, 3.63) is 34.6 Å². The first-order chi connectivity index (χ1) is 7.29. The van der Waals surface area contributed by atoms with Crippen LogP contribution in [0.2, 0.25) is 0 Å². The first-order valence-corrected chi connectivity index (χ1v) is 3.93. The molecular weight excluding hydrogens is 230 g/mol. The van der Waals surface area contributed by atoms with E-state index >= 15 is 0 Å². The highest BCUT2D eigenvalue weighted by Gasteiger charge is 2.39. The Bertz CT molecular complexity index is 454. The van der Waals surface area contributed by atoms with Crippen molar-refractivity contribution in [3.63, 3.8) is 0 Å². The molecule has 1 aromatic rings. The van der Waals surface area contributed by atoms with E-state index in [1.807, 2.05) is 0 Å². The fourth-order valence-corrected chi connectivity index (χ4v) is 1.23. The summed E-state index contributed by atoms with van der Waals surface area (Å²) in [4.78, 5) is 21.2. The average Bonchev–Trinajstić information content (AvgIpc) is 2.15. The molecule has 0 unspecified atom stereocenters. The minimum absolute atomic E-state index is 0.00870. The number of hydrogen-bond donors (Lipinski definition) is 1. The monoisotopic (exact) mass is 235 g/mol. The van der Waals surface area contributed by atoms with E-state index in [9.17, 15) is 27.2 Å². The van der Waals surface area contributed by atoms with E-state index in [4.69, 9.17) is 5.73 Å². The molecule has 0 saturated heterocycles. The minimum atomic E-state index is -5.09. The number of carbonyl (C=O) groups is 2. The number of nitrogens with two attached hydrogens (primary N) is 1. The Hall–Kier alpha value is -1.92. The molecule has 0 spiro atoms. The number of amides is 1. The van der Waals surface area contributed by atoms with E-state index < -0.39 is 34.6 Å². The van der Waals surface area contributed by atoms with Gasteiger partial charge in [-0.1, -0.05) is 0 Å². The second-order valence-electron chi connectivity index (χ2n) is 2.87. The molecular formula is C9H5F4NO2. The smallest absolute Gasteiger partial charge is 0.366 e. The maximum atomic E-state index is 13.0. The Morgan fingerprint density at radius 1 is 1.31 bits per heavy atom. The average molecular weight is 235 g/mol. The van der Waals surface area contributed by atoms with Gasteiger partial charge in [-0.05, 0) is 12.1 Å². The van der Waals surface area contributed by atoms with Gasteiger partial charge in [0.25, 0.3) is 0 Å². The second kappa shape index (κ2) is 3.92. The van der Waals surface area contributed by atoms with Gasteiger partial charge >= 0.3 is 6.18 Å². The largest absolute Gasteiger partial charge is 0.420 e. The van der Waals surface area contributed by atoms with Crippen molar-refractivity contribution >= 4 is 12.2 Å². The van der Waals surface area contributed by atoms with Crippen LogP contribution in [0.15, 0.2) is 12.1 Å². The highest BCUT2D eigenvalue weighted by Crippen LogP contribution is 2.35. The van der Waals surface area contributed by atoms with Crippen LogP contribution in [0.25, 0.3) is 0 Å². The van der Waals surface area contributed by atoms with E-state index in [2.05, 4.69) is 0 Å². The summed E-state index contributed by atoms with van der Waals surface area (Å²) in [6.07, 6.45) is -5.08. The van der Waals surface area contributed by atoms with Gasteiger partial charge in [-0.3, -0.25) is 9.59 Å². The van der Waals surface area contributed by atoms with Crippen LogP contribution >= 0.6 is 0 Å². The zero-order chi connectivity index (χ0) is 12.5. The topological polar surface area (TPSA) is 60.2 Å². The van der Waals surface area contributed by atoms with Gasteiger partial charge in [0, 0.05) is 5.56 Å². The van der Waals surface area contributed by atoms with Gasteiger partial charge in [0.2, 0.25) is 5.91 Å². The molecule has 3 nitrogen and oxygen atoms in total. The highest BCUT2D eigenvalue weighted by atomic mass is 19.4. The predicted octanol–water partition coefficient (Wildman–Crippen LogP) is 1.76. The molecule has 2 N–H and O–H groups in total. The zero-order valence-electron chi connectivity index (χ0n) is 7.64. The van der Waals surface area contributed by atoms with Crippen LogP contribution in [-0.2, 0) is 6.18 Å². The Morgan fingerprint density at radius 3 is 2.25 bits per heavy atom. The predicted molar refractivity (Wildman–Crippen MR) is 45.3 cm³/mol. The number of benzene rings is 1. The SMILES string of the molecule is NC(=O)c1c(C=O)ccc(F)c1C(F)(F)F. The first-order valence-electron chi connectivity index (χ1n) is 3.93. The van der Waals surface area contributed by atoms with Crippen molar-refractivity contribution in [1.29, 1.82) is 0 Å². The Labute approximate surface area is 86.9 Å². The summed E-state index contributed by atoms with van der Waals surface area (Å²) in [7, 11) is 0. The summed E-state index contributed by atoms with van der Waals surface area (Å²) in [5.41, 5.74) is 1.13. The molecule has 0 bridgehead atoms. The molecule has 0 fully saturated rings. The lowest BCUT2D eigenvalue weighted by atomic mass is 10.00. The number of aldehydes is 1. The number of alkyl halides is 3. The molecule has 0 heterocycles. The van der Waals surface area contributed by atoms with Gasteiger partial charge in [0.05, 0.1) is 5.56 Å². The summed E-state index contributed by atoms with van der Waals surface area (Å²) >= 11 is 0. The molecule has 0 atom stereocenters. The number of hydrogen-bond acceptors (Lipinski definition) is 2. The van der Waals surface area contributed by atoms with Crippen molar-refractivity contribution in [1.82, 2.24) is 0 Å². The van der Waals surface area contributed by atoms with Crippen molar-refractivity contribution < 1.29 is 27.2 Å². The lowest BCUT2D eigenvalue weighted by Gasteiger charge is -2.12. The Kier molecular flexibility index (Phi) is 2.97. The lowest BCUT2D eigenvalue weighted by Crippen LogP contribution is -2.22. The molecule has 0 aliphatic carbocycles. The van der Waals surface area contributed by atoms with Crippen molar-refractivity contribution in [2.75, 3.05) is 0 Å². The number of primary amides is 1. The summed E-state index contributed by atoms with van der Waals surface area (Å²) in [6, 6.07) is 1.22. The molecule has 0 radical (unpaired) electrons. The summed E-state index contributed by atoms with van der Waals surface area (Å²) in [5.74, 6) is -3.15. The van der Waals surface area contributed by atoms with Gasteiger partial charge in [-0.25, -0.2) is 4.39 Å². The van der Waals surface area contributed by atoms with Crippen LogP contribution in [0.1, 0.15) is 26.3 Å². The number of carbonyl (C=O) groups excluding carboxylic acids is 2. The molecule has 0 saturated carbocycles. The van der Waals surface area contributed by atoms with Gasteiger partial charge in [0.15, 0.2) is 6.29 Å². The minimum Gasteiger partial charge on any atom is -0.366 e. The molecule has 1 rings (SSSR count). The first kappa shape index (κ1) is 12.2. The number of rotatable bonds is 2. The number of halogens is 4. The molecule has 0 aromatic heterocycles. The Morgan fingerprint density at radius 2 is 1.88 bits per heavy atom. The van der Waals surface area contributed by atoms with Gasteiger partial charge in [-0.2, -0.15) is 13.2 Å². The van der Waals surface area contributed by atoms with Crippen molar-refractivity contribution in [2.45, 2.75) is 6.18 Å². The van der Waals surface area contributed by atoms with Crippen LogP contribution < -0.4 is 5.73 Å². The van der Waals surface area contributed by atoms with Crippen molar-refractivity contribution in [3.8, 4) is 0 Å². The van der Waals surface area contributed by atoms with Crippen LogP contribution in [0.5, 0.6) is 0 Å². The molecule has 0 aliphatic heterocycles. The standard InChI is InChI=1S/C9H5F4NO2/c10-5-2-1-4(3-15)6(8(14)16)7(5)9(11,12)13/h1-3H,(H2,14,16). The summed E-state index contributed by atoms with van der Waals surface area (Å²) < 4.78 is 50.2. The molecule has 16 heavy (non-hydrogen) atoms. The lowest BCUT2D eigenvalue weighted by molar-refractivity contribution is -0.140. The van der Waals surface area contributed by atoms with Crippen LogP contribution in [0.3, 0.4) is 0 Å². The third-order valence-corrected chi connectivity index (χ3v) is 1.84. The van der Waals surface area contributed by atoms with Gasteiger partial charge < -0.3 is 5.73 Å². The molecule has 0 aliphatic rings. The van der Waals surface area contributed by atoms with E-state index in [0.717, 1.165) is 6.07 Å².